The molecule has 0 aliphatic carbocycles. The molecule has 2 rings (SSSR count). The Morgan fingerprint density at radius 3 is 2.63 bits per heavy atom. The van der Waals surface area contributed by atoms with Gasteiger partial charge in [-0.15, -0.1) is 11.6 Å². The van der Waals surface area contributed by atoms with Gasteiger partial charge in [-0.2, -0.15) is 0 Å². The van der Waals surface area contributed by atoms with Crippen LogP contribution in [0.4, 0.5) is 0 Å². The van der Waals surface area contributed by atoms with Gasteiger partial charge >= 0.3 is 0 Å². The zero-order valence-corrected chi connectivity index (χ0v) is 12.7. The minimum atomic E-state index is 0.380. The average Bonchev–Trinajstić information content (AvgIpc) is 2.75. The molecule has 2 aromatic rings. The Labute approximate surface area is 119 Å². The van der Waals surface area contributed by atoms with Crippen molar-refractivity contribution in [2.45, 2.75) is 39.1 Å². The van der Waals surface area contributed by atoms with Crippen molar-refractivity contribution in [2.75, 3.05) is 7.11 Å². The highest BCUT2D eigenvalue weighted by Gasteiger charge is 2.18. The minimum absolute atomic E-state index is 0.380. The Balaban J connectivity index is 2.58. The Morgan fingerprint density at radius 2 is 2.05 bits per heavy atom. The number of benzene rings is 1. The summed E-state index contributed by atoms with van der Waals surface area (Å²) in [5, 5.41) is 0. The van der Waals surface area contributed by atoms with Crippen LogP contribution in [0.2, 0.25) is 0 Å². The minimum Gasteiger partial charge on any atom is -0.494 e. The lowest BCUT2D eigenvalue weighted by atomic mass is 10.0. The van der Waals surface area contributed by atoms with Gasteiger partial charge in [0.15, 0.2) is 0 Å². The third-order valence-electron chi connectivity index (χ3n) is 3.35. The molecule has 0 spiro atoms. The Bertz CT molecular complexity index is 563. The van der Waals surface area contributed by atoms with Gasteiger partial charge in [-0.3, -0.25) is 0 Å². The van der Waals surface area contributed by atoms with Crippen molar-refractivity contribution < 1.29 is 4.74 Å². The summed E-state index contributed by atoms with van der Waals surface area (Å²) < 4.78 is 7.62. The van der Waals surface area contributed by atoms with Gasteiger partial charge in [0.05, 0.1) is 18.5 Å². The van der Waals surface area contributed by atoms with E-state index in [1.807, 2.05) is 12.1 Å². The third-order valence-corrected chi connectivity index (χ3v) is 3.59. The van der Waals surface area contributed by atoms with E-state index in [2.05, 4.69) is 36.4 Å². The van der Waals surface area contributed by atoms with E-state index in [-0.39, 0.29) is 0 Å². The molecule has 0 aliphatic rings. The van der Waals surface area contributed by atoms with Gasteiger partial charge in [-0.1, -0.05) is 19.9 Å². The first kappa shape index (κ1) is 14.2. The van der Waals surface area contributed by atoms with Crippen molar-refractivity contribution in [1.82, 2.24) is 9.55 Å². The maximum Gasteiger partial charge on any atom is 0.146 e. The summed E-state index contributed by atoms with van der Waals surface area (Å²) in [4.78, 5) is 4.64. The van der Waals surface area contributed by atoms with E-state index in [0.717, 1.165) is 29.0 Å². The average molecular weight is 281 g/mol. The third kappa shape index (κ3) is 2.71. The van der Waals surface area contributed by atoms with Crippen LogP contribution >= 0.6 is 11.6 Å². The summed E-state index contributed by atoms with van der Waals surface area (Å²) >= 11 is 6.06. The number of para-hydroxylation sites is 1. The molecule has 0 bridgehead atoms. The van der Waals surface area contributed by atoms with E-state index in [1.54, 1.807) is 7.11 Å². The van der Waals surface area contributed by atoms with Gasteiger partial charge < -0.3 is 9.30 Å². The monoisotopic (exact) mass is 280 g/mol. The van der Waals surface area contributed by atoms with Crippen molar-refractivity contribution >= 4 is 22.6 Å². The maximum atomic E-state index is 6.06. The number of nitrogens with zero attached hydrogens (tertiary/aromatic N) is 2. The number of aromatic nitrogens is 2. The fraction of sp³-hybridized carbons (Fsp3) is 0.533. The van der Waals surface area contributed by atoms with Crippen LogP contribution in [0.25, 0.3) is 11.0 Å². The molecule has 1 heterocycles. The standard InChI is InChI=1S/C15H21ClN2O/c1-10(2)8-11(3)18-12-6-5-7-13(19-4)15(12)17-14(18)9-16/h5-7,10-11H,8-9H2,1-4H3. The second kappa shape index (κ2) is 5.83. The SMILES string of the molecule is COc1cccc2c1nc(CCl)n2C(C)CC(C)C. The molecule has 0 fully saturated rings. The zero-order valence-electron chi connectivity index (χ0n) is 12.0. The molecule has 1 aromatic heterocycles. The molecule has 0 N–H and O–H groups in total. The maximum absolute atomic E-state index is 6.06. The summed E-state index contributed by atoms with van der Waals surface area (Å²) in [6.07, 6.45) is 1.10. The van der Waals surface area contributed by atoms with Crippen molar-refractivity contribution in [3.63, 3.8) is 0 Å². The highest BCUT2D eigenvalue weighted by atomic mass is 35.5. The van der Waals surface area contributed by atoms with E-state index in [1.165, 1.54) is 0 Å². The highest BCUT2D eigenvalue weighted by molar-refractivity contribution is 6.16. The first-order valence-corrected chi connectivity index (χ1v) is 7.21. The van der Waals surface area contributed by atoms with Crippen molar-refractivity contribution in [1.29, 1.82) is 0 Å². The molecular formula is C15H21ClN2O. The number of fused-ring (bicyclic) bond motifs is 1. The number of halogens is 1. The van der Waals surface area contributed by atoms with E-state index in [4.69, 9.17) is 16.3 Å². The molecule has 1 aromatic carbocycles. The van der Waals surface area contributed by atoms with Crippen molar-refractivity contribution in [3.8, 4) is 5.75 Å². The first-order valence-electron chi connectivity index (χ1n) is 6.68. The molecule has 0 aliphatic heterocycles. The van der Waals surface area contributed by atoms with Crippen LogP contribution in [-0.4, -0.2) is 16.7 Å². The fourth-order valence-corrected chi connectivity index (χ4v) is 2.87. The van der Waals surface area contributed by atoms with Crippen molar-refractivity contribution in [2.24, 2.45) is 5.92 Å². The van der Waals surface area contributed by atoms with E-state index in [0.29, 0.717) is 17.8 Å². The Hall–Kier alpha value is -1.22. The number of imidazole rings is 1. The quantitative estimate of drug-likeness (QED) is 0.760. The van der Waals surface area contributed by atoms with Gasteiger partial charge in [-0.25, -0.2) is 4.98 Å². The lowest BCUT2D eigenvalue weighted by Crippen LogP contribution is -2.10. The molecule has 0 saturated heterocycles. The molecular weight excluding hydrogens is 260 g/mol. The molecule has 0 saturated carbocycles. The van der Waals surface area contributed by atoms with Gasteiger partial charge in [0, 0.05) is 6.04 Å². The number of alkyl halides is 1. The van der Waals surface area contributed by atoms with Crippen LogP contribution in [0.5, 0.6) is 5.75 Å². The fourth-order valence-electron chi connectivity index (χ4n) is 2.68. The number of rotatable bonds is 5. The Morgan fingerprint density at radius 1 is 1.32 bits per heavy atom. The van der Waals surface area contributed by atoms with Crippen LogP contribution in [0.1, 0.15) is 39.1 Å². The number of ether oxygens (including phenoxy) is 1. The molecule has 1 atom stereocenters. The van der Waals surface area contributed by atoms with Crippen LogP contribution in [0, 0.1) is 5.92 Å². The largest absolute Gasteiger partial charge is 0.494 e. The molecule has 3 nitrogen and oxygen atoms in total. The van der Waals surface area contributed by atoms with Gasteiger partial charge in [0.25, 0.3) is 0 Å². The number of methoxy groups -OCH3 is 1. The molecule has 4 heteroatoms. The zero-order chi connectivity index (χ0) is 14.0. The normalized spacial score (nSPS) is 13.2. The second-order valence-electron chi connectivity index (χ2n) is 5.34. The van der Waals surface area contributed by atoms with Crippen LogP contribution in [0.3, 0.4) is 0 Å². The smallest absolute Gasteiger partial charge is 0.146 e. The van der Waals surface area contributed by atoms with Crippen LogP contribution in [-0.2, 0) is 5.88 Å². The Kier molecular flexibility index (Phi) is 4.35. The van der Waals surface area contributed by atoms with E-state index >= 15 is 0 Å². The molecule has 19 heavy (non-hydrogen) atoms. The van der Waals surface area contributed by atoms with Gasteiger partial charge in [0.2, 0.25) is 0 Å². The van der Waals surface area contributed by atoms with Crippen molar-refractivity contribution in [3.05, 3.63) is 24.0 Å². The molecule has 1 unspecified atom stereocenters. The molecule has 0 radical (unpaired) electrons. The predicted octanol–water partition coefficient (Wildman–Crippen LogP) is 4.39. The lowest BCUT2D eigenvalue weighted by molar-refractivity contribution is 0.418. The van der Waals surface area contributed by atoms with E-state index < -0.39 is 0 Å². The topological polar surface area (TPSA) is 27.1 Å². The first-order chi connectivity index (χ1) is 9.08. The van der Waals surface area contributed by atoms with Crippen LogP contribution < -0.4 is 4.74 Å². The van der Waals surface area contributed by atoms with Gasteiger partial charge in [-0.05, 0) is 31.4 Å². The highest BCUT2D eigenvalue weighted by Crippen LogP contribution is 2.30. The van der Waals surface area contributed by atoms with E-state index in [9.17, 15) is 0 Å². The summed E-state index contributed by atoms with van der Waals surface area (Å²) in [6.45, 7) is 6.68. The molecule has 104 valence electrons. The molecule has 0 amide bonds. The summed E-state index contributed by atoms with van der Waals surface area (Å²) in [5.41, 5.74) is 2.00. The number of hydrogen-bond donors (Lipinski definition) is 0. The predicted molar refractivity (Wildman–Crippen MR) is 80.0 cm³/mol. The van der Waals surface area contributed by atoms with Gasteiger partial charge in [0.1, 0.15) is 17.1 Å². The summed E-state index contributed by atoms with van der Waals surface area (Å²) in [5.74, 6) is 2.77. The summed E-state index contributed by atoms with van der Waals surface area (Å²) in [6, 6.07) is 6.40. The number of hydrogen-bond acceptors (Lipinski definition) is 2. The summed E-state index contributed by atoms with van der Waals surface area (Å²) in [7, 11) is 1.67. The second-order valence-corrected chi connectivity index (χ2v) is 5.61. The van der Waals surface area contributed by atoms with Crippen LogP contribution in [0.15, 0.2) is 18.2 Å². The lowest BCUT2D eigenvalue weighted by Gasteiger charge is -2.19.